The van der Waals surface area contributed by atoms with E-state index in [0.717, 1.165) is 5.56 Å². The van der Waals surface area contributed by atoms with Crippen LogP contribution >= 0.6 is 11.6 Å². The summed E-state index contributed by atoms with van der Waals surface area (Å²) in [5.41, 5.74) is 0.410. The molecule has 2 N–H and O–H groups in total. The van der Waals surface area contributed by atoms with Crippen LogP contribution in [0.15, 0.2) is 30.6 Å². The van der Waals surface area contributed by atoms with Crippen LogP contribution < -0.4 is 5.32 Å². The molecule has 98 valence electrons. The second-order valence-corrected chi connectivity index (χ2v) is 4.14. The molecule has 8 heteroatoms. The number of carbonyl (C=O) groups excluding carboxylic acids is 1. The van der Waals surface area contributed by atoms with Gasteiger partial charge in [0.1, 0.15) is 5.56 Å². The van der Waals surface area contributed by atoms with Gasteiger partial charge < -0.3 is 5.32 Å². The van der Waals surface area contributed by atoms with E-state index in [1.54, 1.807) is 12.4 Å². The van der Waals surface area contributed by atoms with Crippen molar-refractivity contribution in [2.45, 2.75) is 6.54 Å². The number of H-pyrrole nitrogens is 1. The first kappa shape index (κ1) is 13.0. The zero-order valence-electron chi connectivity index (χ0n) is 9.59. The Morgan fingerprint density at radius 2 is 2.32 bits per heavy atom. The summed E-state index contributed by atoms with van der Waals surface area (Å²) in [5.74, 6) is -0.560. The largest absolute Gasteiger partial charge is 0.348 e. The van der Waals surface area contributed by atoms with E-state index in [1.807, 2.05) is 0 Å². The summed E-state index contributed by atoms with van der Waals surface area (Å²) in [6.07, 6.45) is 3.17. The molecule has 0 atom stereocenters. The normalized spacial score (nSPS) is 10.2. The Labute approximate surface area is 112 Å². The van der Waals surface area contributed by atoms with Crippen LogP contribution in [0.3, 0.4) is 0 Å². The highest BCUT2D eigenvalue weighted by Crippen LogP contribution is 2.22. The van der Waals surface area contributed by atoms with Crippen LogP contribution in [-0.2, 0) is 6.54 Å². The third-order valence-corrected chi connectivity index (χ3v) is 2.64. The van der Waals surface area contributed by atoms with Gasteiger partial charge in [-0.3, -0.25) is 20.0 Å². The molecule has 1 heterocycles. The number of halogens is 1. The second-order valence-electron chi connectivity index (χ2n) is 3.71. The summed E-state index contributed by atoms with van der Waals surface area (Å²) >= 11 is 5.75. The molecule has 0 saturated heterocycles. The lowest BCUT2D eigenvalue weighted by molar-refractivity contribution is -0.385. The topological polar surface area (TPSA) is 101 Å². The number of nitro groups is 1. The quantitative estimate of drug-likeness (QED) is 0.659. The van der Waals surface area contributed by atoms with Gasteiger partial charge in [0.25, 0.3) is 11.6 Å². The number of nitrogens with one attached hydrogen (secondary N) is 2. The lowest BCUT2D eigenvalue weighted by Crippen LogP contribution is -2.23. The van der Waals surface area contributed by atoms with E-state index >= 15 is 0 Å². The number of nitrogens with zero attached hydrogens (tertiary/aromatic N) is 2. The van der Waals surface area contributed by atoms with Crippen LogP contribution in [0.5, 0.6) is 0 Å². The third-order valence-electron chi connectivity index (χ3n) is 2.41. The van der Waals surface area contributed by atoms with Gasteiger partial charge in [0, 0.05) is 29.4 Å². The maximum atomic E-state index is 11.9. The van der Waals surface area contributed by atoms with E-state index in [0.29, 0.717) is 0 Å². The van der Waals surface area contributed by atoms with Crippen molar-refractivity contribution in [3.63, 3.8) is 0 Å². The van der Waals surface area contributed by atoms with Gasteiger partial charge in [-0.2, -0.15) is 5.10 Å². The van der Waals surface area contributed by atoms with Crippen LogP contribution in [0.25, 0.3) is 0 Å². The first-order chi connectivity index (χ1) is 9.08. The summed E-state index contributed by atoms with van der Waals surface area (Å²) in [6, 6.07) is 3.84. The van der Waals surface area contributed by atoms with E-state index in [1.165, 1.54) is 18.2 Å². The fraction of sp³-hybridized carbons (Fsp3) is 0.0909. The smallest absolute Gasteiger partial charge is 0.282 e. The van der Waals surface area contributed by atoms with Gasteiger partial charge in [-0.15, -0.1) is 0 Å². The monoisotopic (exact) mass is 280 g/mol. The maximum Gasteiger partial charge on any atom is 0.282 e. The minimum atomic E-state index is -0.622. The Kier molecular flexibility index (Phi) is 3.76. The molecule has 0 spiro atoms. The van der Waals surface area contributed by atoms with Crippen LogP contribution in [0.2, 0.25) is 5.02 Å². The standard InChI is InChI=1S/C11H9ClN4O3/c12-8-1-2-10(16(18)19)9(3-8)11(17)13-4-7-5-14-15-6-7/h1-3,5-6H,4H2,(H,13,17)(H,14,15). The lowest BCUT2D eigenvalue weighted by Gasteiger charge is -2.05. The van der Waals surface area contributed by atoms with E-state index in [-0.39, 0.29) is 22.8 Å². The number of amides is 1. The van der Waals surface area contributed by atoms with Crippen LogP contribution in [0.4, 0.5) is 5.69 Å². The molecule has 2 aromatic rings. The summed E-state index contributed by atoms with van der Waals surface area (Å²) in [6.45, 7) is 0.221. The van der Waals surface area contributed by atoms with Crippen molar-refractivity contribution in [3.8, 4) is 0 Å². The summed E-state index contributed by atoms with van der Waals surface area (Å²) < 4.78 is 0. The third kappa shape index (κ3) is 3.08. The number of aromatic amines is 1. The highest BCUT2D eigenvalue weighted by molar-refractivity contribution is 6.31. The minimum Gasteiger partial charge on any atom is -0.348 e. The molecule has 2 rings (SSSR count). The van der Waals surface area contributed by atoms with Crippen LogP contribution in [0, 0.1) is 10.1 Å². The van der Waals surface area contributed by atoms with Crippen molar-refractivity contribution in [2.75, 3.05) is 0 Å². The molecule has 0 aliphatic rings. The maximum absolute atomic E-state index is 11.9. The fourth-order valence-electron chi connectivity index (χ4n) is 1.50. The number of hydrogen-bond acceptors (Lipinski definition) is 4. The number of nitro benzene ring substituents is 1. The molecule has 0 bridgehead atoms. The average Bonchev–Trinajstić information content (AvgIpc) is 2.88. The molecule has 1 amide bonds. The van der Waals surface area contributed by atoms with Gasteiger partial charge in [-0.25, -0.2) is 0 Å². The first-order valence-corrected chi connectivity index (χ1v) is 5.65. The van der Waals surface area contributed by atoms with Crippen molar-refractivity contribution >= 4 is 23.2 Å². The molecular weight excluding hydrogens is 272 g/mol. The van der Waals surface area contributed by atoms with Crippen molar-refractivity contribution in [1.82, 2.24) is 15.5 Å². The Balaban J connectivity index is 2.18. The number of rotatable bonds is 4. The molecule has 0 fully saturated rings. The molecule has 1 aromatic heterocycles. The molecule has 0 aliphatic heterocycles. The molecule has 7 nitrogen and oxygen atoms in total. The van der Waals surface area contributed by atoms with Crippen LogP contribution in [0.1, 0.15) is 15.9 Å². The van der Waals surface area contributed by atoms with Gasteiger partial charge in [-0.1, -0.05) is 11.6 Å². The van der Waals surface area contributed by atoms with E-state index in [9.17, 15) is 14.9 Å². The fourth-order valence-corrected chi connectivity index (χ4v) is 1.67. The molecule has 1 aromatic carbocycles. The SMILES string of the molecule is O=C(NCc1cn[nH]c1)c1cc(Cl)ccc1[N+](=O)[O-]. The molecule has 19 heavy (non-hydrogen) atoms. The number of aromatic nitrogens is 2. The number of hydrogen-bond donors (Lipinski definition) is 2. The predicted octanol–water partition coefficient (Wildman–Crippen LogP) is 1.90. The first-order valence-electron chi connectivity index (χ1n) is 5.27. The van der Waals surface area contributed by atoms with Gasteiger partial charge in [0.2, 0.25) is 0 Å². The Hall–Kier alpha value is -2.41. The van der Waals surface area contributed by atoms with Crippen molar-refractivity contribution in [3.05, 3.63) is 56.9 Å². The van der Waals surface area contributed by atoms with Crippen molar-refractivity contribution < 1.29 is 9.72 Å². The zero-order valence-corrected chi connectivity index (χ0v) is 10.3. The Bertz CT molecular complexity index is 612. The summed E-state index contributed by atoms with van der Waals surface area (Å²) in [4.78, 5) is 22.1. The highest BCUT2D eigenvalue weighted by Gasteiger charge is 2.20. The van der Waals surface area contributed by atoms with Gasteiger partial charge in [-0.05, 0) is 12.1 Å². The number of benzene rings is 1. The second kappa shape index (κ2) is 5.49. The summed E-state index contributed by atoms with van der Waals surface area (Å²) in [5, 5.41) is 20.0. The highest BCUT2D eigenvalue weighted by atomic mass is 35.5. The van der Waals surface area contributed by atoms with Crippen LogP contribution in [-0.4, -0.2) is 21.0 Å². The Morgan fingerprint density at radius 3 is 2.95 bits per heavy atom. The van der Waals surface area contributed by atoms with E-state index in [2.05, 4.69) is 15.5 Å². The van der Waals surface area contributed by atoms with Gasteiger partial charge in [0.05, 0.1) is 11.1 Å². The predicted molar refractivity (Wildman–Crippen MR) is 67.9 cm³/mol. The Morgan fingerprint density at radius 1 is 1.53 bits per heavy atom. The van der Waals surface area contributed by atoms with E-state index in [4.69, 9.17) is 11.6 Å². The van der Waals surface area contributed by atoms with Crippen molar-refractivity contribution in [2.24, 2.45) is 0 Å². The van der Waals surface area contributed by atoms with Gasteiger partial charge in [0.15, 0.2) is 0 Å². The lowest BCUT2D eigenvalue weighted by atomic mass is 10.1. The van der Waals surface area contributed by atoms with E-state index < -0.39 is 10.8 Å². The molecular formula is C11H9ClN4O3. The molecule has 0 unspecified atom stereocenters. The minimum absolute atomic E-state index is 0.0685. The molecule has 0 radical (unpaired) electrons. The summed E-state index contributed by atoms with van der Waals surface area (Å²) in [7, 11) is 0. The van der Waals surface area contributed by atoms with Gasteiger partial charge >= 0.3 is 0 Å². The average molecular weight is 281 g/mol. The zero-order chi connectivity index (χ0) is 13.8. The van der Waals surface area contributed by atoms with Crippen molar-refractivity contribution in [1.29, 1.82) is 0 Å². The number of carbonyl (C=O) groups is 1. The molecule has 0 aliphatic carbocycles. The molecule has 0 saturated carbocycles.